The molecule has 1 atom stereocenters. The van der Waals surface area contributed by atoms with E-state index in [0.29, 0.717) is 19.1 Å². The third-order valence-electron chi connectivity index (χ3n) is 3.31. The highest BCUT2D eigenvalue weighted by atomic mass is 16.2. The molecule has 0 radical (unpaired) electrons. The third kappa shape index (κ3) is 2.53. The average molecular weight is 251 g/mol. The van der Waals surface area contributed by atoms with Gasteiger partial charge in [0.1, 0.15) is 12.2 Å². The van der Waals surface area contributed by atoms with Crippen molar-refractivity contribution in [3.05, 3.63) is 12.2 Å². The molecule has 1 fully saturated rings. The van der Waals surface area contributed by atoms with Crippen molar-refractivity contribution in [3.8, 4) is 0 Å². The second-order valence-electron chi connectivity index (χ2n) is 4.90. The summed E-state index contributed by atoms with van der Waals surface area (Å²) in [6, 6.07) is 0.247. The number of aromatic nitrogens is 3. The lowest BCUT2D eigenvalue weighted by Crippen LogP contribution is -2.54. The first-order valence-corrected chi connectivity index (χ1v) is 6.53. The van der Waals surface area contributed by atoms with Gasteiger partial charge in [-0.3, -0.25) is 9.69 Å². The first-order valence-electron chi connectivity index (χ1n) is 6.53. The average Bonchev–Trinajstić information content (AvgIpc) is 2.77. The third-order valence-corrected chi connectivity index (χ3v) is 3.31. The number of rotatable bonds is 4. The Morgan fingerprint density at radius 1 is 1.56 bits per heavy atom. The molecule has 1 saturated heterocycles. The van der Waals surface area contributed by atoms with Crippen molar-refractivity contribution in [1.29, 1.82) is 0 Å². The van der Waals surface area contributed by atoms with Gasteiger partial charge in [-0.1, -0.05) is 6.92 Å². The van der Waals surface area contributed by atoms with Crippen LogP contribution in [0.1, 0.15) is 39.1 Å². The van der Waals surface area contributed by atoms with Crippen molar-refractivity contribution < 1.29 is 4.79 Å². The maximum absolute atomic E-state index is 11.8. The molecule has 1 aromatic heterocycles. The molecular formula is C12H21N5O. The summed E-state index contributed by atoms with van der Waals surface area (Å²) in [5, 5.41) is 7.14. The van der Waals surface area contributed by atoms with Gasteiger partial charge in [-0.2, -0.15) is 5.10 Å². The zero-order valence-electron chi connectivity index (χ0n) is 11.3. The molecule has 1 aromatic rings. The Morgan fingerprint density at radius 3 is 3.00 bits per heavy atom. The molecule has 18 heavy (non-hydrogen) atoms. The van der Waals surface area contributed by atoms with Gasteiger partial charge in [0.05, 0.1) is 12.6 Å². The molecule has 0 aliphatic carbocycles. The summed E-state index contributed by atoms with van der Waals surface area (Å²) >= 11 is 0. The van der Waals surface area contributed by atoms with E-state index in [4.69, 9.17) is 0 Å². The number of nitrogens with zero attached hydrogens (tertiary/aromatic N) is 4. The largest absolute Gasteiger partial charge is 0.353 e. The molecule has 2 heterocycles. The predicted molar refractivity (Wildman–Crippen MR) is 67.9 cm³/mol. The number of piperazine rings is 1. The van der Waals surface area contributed by atoms with E-state index in [1.165, 1.54) is 0 Å². The standard InChI is InChI=1S/C12H21N5O/c1-4-10-12(18)13-5-6-16(10)7-11-14-8-15-17(11)9(2)3/h8-10H,4-7H2,1-3H3,(H,13,18). The first-order chi connectivity index (χ1) is 8.63. The molecule has 1 aliphatic rings. The fourth-order valence-corrected chi connectivity index (χ4v) is 2.40. The van der Waals surface area contributed by atoms with Gasteiger partial charge in [-0.15, -0.1) is 0 Å². The molecule has 1 amide bonds. The van der Waals surface area contributed by atoms with Crippen molar-refractivity contribution in [2.75, 3.05) is 13.1 Å². The van der Waals surface area contributed by atoms with E-state index in [-0.39, 0.29) is 11.9 Å². The van der Waals surface area contributed by atoms with Crippen molar-refractivity contribution in [1.82, 2.24) is 25.0 Å². The van der Waals surface area contributed by atoms with Crippen molar-refractivity contribution in [2.24, 2.45) is 0 Å². The minimum atomic E-state index is -0.0453. The molecule has 0 saturated carbocycles. The smallest absolute Gasteiger partial charge is 0.237 e. The Balaban J connectivity index is 2.12. The SMILES string of the molecule is CCC1C(=O)NCCN1Cc1ncnn1C(C)C. The molecule has 6 heteroatoms. The van der Waals surface area contributed by atoms with E-state index in [1.54, 1.807) is 6.33 Å². The van der Waals surface area contributed by atoms with Crippen LogP contribution in [-0.4, -0.2) is 44.7 Å². The second-order valence-corrected chi connectivity index (χ2v) is 4.90. The molecule has 1 N–H and O–H groups in total. The Hall–Kier alpha value is -1.43. The number of carbonyl (C=O) groups excluding carboxylic acids is 1. The topological polar surface area (TPSA) is 63.1 Å². The zero-order chi connectivity index (χ0) is 13.1. The molecule has 0 aromatic carbocycles. The Bertz CT molecular complexity index is 414. The van der Waals surface area contributed by atoms with E-state index in [2.05, 4.69) is 34.1 Å². The normalized spacial score (nSPS) is 21.3. The van der Waals surface area contributed by atoms with Crippen LogP contribution in [0, 0.1) is 0 Å². The van der Waals surface area contributed by atoms with Crippen LogP contribution in [0.25, 0.3) is 0 Å². The van der Waals surface area contributed by atoms with Crippen LogP contribution in [0.15, 0.2) is 6.33 Å². The lowest BCUT2D eigenvalue weighted by atomic mass is 10.1. The minimum Gasteiger partial charge on any atom is -0.353 e. The van der Waals surface area contributed by atoms with Gasteiger partial charge in [0.25, 0.3) is 0 Å². The van der Waals surface area contributed by atoms with E-state index >= 15 is 0 Å². The summed E-state index contributed by atoms with van der Waals surface area (Å²) in [5.41, 5.74) is 0. The lowest BCUT2D eigenvalue weighted by Gasteiger charge is -2.34. The molecule has 0 spiro atoms. The van der Waals surface area contributed by atoms with Crippen LogP contribution in [0.2, 0.25) is 0 Å². The molecule has 0 bridgehead atoms. The number of nitrogens with one attached hydrogen (secondary N) is 1. The summed E-state index contributed by atoms with van der Waals surface area (Å²) in [5.74, 6) is 1.05. The van der Waals surface area contributed by atoms with Gasteiger partial charge in [-0.05, 0) is 20.3 Å². The van der Waals surface area contributed by atoms with Crippen LogP contribution >= 0.6 is 0 Å². The van der Waals surface area contributed by atoms with Crippen molar-refractivity contribution >= 4 is 5.91 Å². The maximum atomic E-state index is 11.8. The quantitative estimate of drug-likeness (QED) is 0.849. The Labute approximate surface area is 107 Å². The highest BCUT2D eigenvalue weighted by Gasteiger charge is 2.29. The molecular weight excluding hydrogens is 230 g/mol. The van der Waals surface area contributed by atoms with Gasteiger partial charge in [0.2, 0.25) is 5.91 Å². The fourth-order valence-electron chi connectivity index (χ4n) is 2.40. The second kappa shape index (κ2) is 5.48. The van der Waals surface area contributed by atoms with Crippen molar-refractivity contribution in [3.63, 3.8) is 0 Å². The molecule has 1 aliphatic heterocycles. The van der Waals surface area contributed by atoms with Gasteiger partial charge < -0.3 is 5.32 Å². The lowest BCUT2D eigenvalue weighted by molar-refractivity contribution is -0.129. The van der Waals surface area contributed by atoms with Gasteiger partial charge in [0.15, 0.2) is 0 Å². The summed E-state index contributed by atoms with van der Waals surface area (Å²) in [6.07, 6.45) is 2.40. The van der Waals surface area contributed by atoms with Crippen LogP contribution in [0.5, 0.6) is 0 Å². The Morgan fingerprint density at radius 2 is 2.33 bits per heavy atom. The van der Waals surface area contributed by atoms with Gasteiger partial charge in [-0.25, -0.2) is 9.67 Å². The monoisotopic (exact) mass is 251 g/mol. The minimum absolute atomic E-state index is 0.0453. The van der Waals surface area contributed by atoms with E-state index < -0.39 is 0 Å². The van der Waals surface area contributed by atoms with Gasteiger partial charge in [0, 0.05) is 19.1 Å². The summed E-state index contributed by atoms with van der Waals surface area (Å²) < 4.78 is 1.92. The first kappa shape index (κ1) is 13.0. The van der Waals surface area contributed by atoms with Crippen LogP contribution in [0.3, 0.4) is 0 Å². The van der Waals surface area contributed by atoms with Crippen molar-refractivity contribution in [2.45, 2.75) is 45.8 Å². The molecule has 2 rings (SSSR count). The highest BCUT2D eigenvalue weighted by molar-refractivity contribution is 5.82. The fraction of sp³-hybridized carbons (Fsp3) is 0.750. The summed E-state index contributed by atoms with van der Waals surface area (Å²) in [4.78, 5) is 18.3. The van der Waals surface area contributed by atoms with Crippen LogP contribution < -0.4 is 5.32 Å². The number of hydrogen-bond acceptors (Lipinski definition) is 4. The maximum Gasteiger partial charge on any atom is 0.237 e. The van der Waals surface area contributed by atoms with E-state index in [0.717, 1.165) is 18.8 Å². The van der Waals surface area contributed by atoms with Gasteiger partial charge >= 0.3 is 0 Å². The number of carbonyl (C=O) groups is 1. The Kier molecular flexibility index (Phi) is 3.96. The highest BCUT2D eigenvalue weighted by Crippen LogP contribution is 2.14. The summed E-state index contributed by atoms with van der Waals surface area (Å²) in [7, 11) is 0. The van der Waals surface area contributed by atoms with Crippen LogP contribution in [0.4, 0.5) is 0 Å². The summed E-state index contributed by atoms with van der Waals surface area (Å²) in [6.45, 7) is 8.47. The number of amides is 1. The van der Waals surface area contributed by atoms with Crippen LogP contribution in [-0.2, 0) is 11.3 Å². The zero-order valence-corrected chi connectivity index (χ0v) is 11.3. The molecule has 6 nitrogen and oxygen atoms in total. The van der Waals surface area contributed by atoms with E-state index in [1.807, 2.05) is 11.6 Å². The number of hydrogen-bond donors (Lipinski definition) is 1. The molecule has 100 valence electrons. The predicted octanol–water partition coefficient (Wildman–Crippen LogP) is 0.569. The molecule has 1 unspecified atom stereocenters. The van der Waals surface area contributed by atoms with E-state index in [9.17, 15) is 4.79 Å².